The van der Waals surface area contributed by atoms with Crippen LogP contribution in [-0.4, -0.2) is 4.98 Å². The monoisotopic (exact) mass is 340 g/mol. The molecule has 0 bridgehead atoms. The summed E-state index contributed by atoms with van der Waals surface area (Å²) in [5, 5.41) is 8.96. The molecule has 0 saturated carbocycles. The number of aromatic nitrogens is 1. The highest BCUT2D eigenvalue weighted by Crippen LogP contribution is 2.34. The number of nitriles is 1. The number of nitrogens with zero attached hydrogens (tertiary/aromatic N) is 2. The van der Waals surface area contributed by atoms with Crippen LogP contribution in [0.25, 0.3) is 0 Å². The molecule has 1 aromatic carbocycles. The summed E-state index contributed by atoms with van der Waals surface area (Å²) >= 11 is 8.86. The Morgan fingerprint density at radius 3 is 2.84 bits per heavy atom. The second-order valence-corrected chi connectivity index (χ2v) is 4.98. The number of pyridine rings is 1. The molecule has 6 heteroatoms. The molecule has 0 N–H and O–H groups in total. The largest absolute Gasteiger partial charge is 0.436 e. The lowest BCUT2D eigenvalue weighted by Gasteiger charge is -2.09. The minimum Gasteiger partial charge on any atom is -0.436 e. The van der Waals surface area contributed by atoms with Gasteiger partial charge in [-0.05, 0) is 41.1 Å². The maximum Gasteiger partial charge on any atom is 0.237 e. The minimum atomic E-state index is -0.606. The van der Waals surface area contributed by atoms with Crippen LogP contribution < -0.4 is 4.74 Å². The SMILES string of the molecule is Cc1ccc(C#N)c(Oc2cc(F)c(Cl)cc2Br)n1. The van der Waals surface area contributed by atoms with Crippen LogP contribution in [0.2, 0.25) is 5.02 Å². The first-order chi connectivity index (χ1) is 9.01. The summed E-state index contributed by atoms with van der Waals surface area (Å²) < 4.78 is 19.4. The first kappa shape index (κ1) is 13.8. The molecule has 1 heterocycles. The van der Waals surface area contributed by atoms with Crippen LogP contribution in [0.3, 0.4) is 0 Å². The second kappa shape index (κ2) is 5.55. The van der Waals surface area contributed by atoms with Crippen LogP contribution in [0.4, 0.5) is 4.39 Å². The van der Waals surface area contributed by atoms with Crippen molar-refractivity contribution < 1.29 is 9.13 Å². The predicted molar refractivity (Wildman–Crippen MR) is 72.9 cm³/mol. The molecule has 0 atom stereocenters. The Morgan fingerprint density at radius 2 is 2.16 bits per heavy atom. The summed E-state index contributed by atoms with van der Waals surface area (Å²) in [7, 11) is 0. The number of hydrogen-bond donors (Lipinski definition) is 0. The van der Waals surface area contributed by atoms with Gasteiger partial charge < -0.3 is 4.74 Å². The van der Waals surface area contributed by atoms with Gasteiger partial charge in [0, 0.05) is 11.8 Å². The van der Waals surface area contributed by atoms with E-state index in [-0.39, 0.29) is 22.2 Å². The van der Waals surface area contributed by atoms with E-state index in [1.54, 1.807) is 19.1 Å². The third-order valence-corrected chi connectivity index (χ3v) is 3.21. The average Bonchev–Trinajstić information content (AvgIpc) is 2.36. The summed E-state index contributed by atoms with van der Waals surface area (Å²) in [4.78, 5) is 4.11. The van der Waals surface area contributed by atoms with Crippen molar-refractivity contribution in [2.24, 2.45) is 0 Å². The van der Waals surface area contributed by atoms with Crippen molar-refractivity contribution in [1.82, 2.24) is 4.98 Å². The van der Waals surface area contributed by atoms with Gasteiger partial charge in [-0.3, -0.25) is 0 Å². The van der Waals surface area contributed by atoms with Gasteiger partial charge >= 0.3 is 0 Å². The van der Waals surface area contributed by atoms with E-state index in [9.17, 15) is 4.39 Å². The Balaban J connectivity index is 2.45. The Labute approximate surface area is 122 Å². The highest BCUT2D eigenvalue weighted by Gasteiger charge is 2.12. The van der Waals surface area contributed by atoms with Crippen molar-refractivity contribution in [1.29, 1.82) is 5.26 Å². The zero-order chi connectivity index (χ0) is 14.0. The molecule has 0 aliphatic carbocycles. The maximum absolute atomic E-state index is 13.4. The molecule has 0 fully saturated rings. The molecule has 0 saturated heterocycles. The molecule has 0 spiro atoms. The van der Waals surface area contributed by atoms with Gasteiger partial charge in [-0.25, -0.2) is 9.37 Å². The van der Waals surface area contributed by atoms with E-state index in [4.69, 9.17) is 21.6 Å². The summed E-state index contributed by atoms with van der Waals surface area (Å²) in [6.45, 7) is 1.77. The van der Waals surface area contributed by atoms with Crippen LogP contribution >= 0.6 is 27.5 Å². The molecule has 0 unspecified atom stereocenters. The van der Waals surface area contributed by atoms with Crippen molar-refractivity contribution in [3.8, 4) is 17.7 Å². The molecule has 0 amide bonds. The van der Waals surface area contributed by atoms with Gasteiger partial charge in [-0.1, -0.05) is 11.6 Å². The standard InChI is InChI=1S/C13H7BrClFN2O/c1-7-2-3-8(6-17)13(18-7)19-12-5-11(16)10(15)4-9(12)14/h2-5H,1H3. The molecule has 3 nitrogen and oxygen atoms in total. The van der Waals surface area contributed by atoms with Crippen molar-refractivity contribution in [3.05, 3.63) is 50.8 Å². The van der Waals surface area contributed by atoms with E-state index in [0.717, 1.165) is 6.07 Å². The van der Waals surface area contributed by atoms with E-state index in [1.807, 2.05) is 6.07 Å². The number of rotatable bonds is 2. The summed E-state index contributed by atoms with van der Waals surface area (Å²) in [5.74, 6) is -0.271. The summed E-state index contributed by atoms with van der Waals surface area (Å²) in [6, 6.07) is 7.78. The van der Waals surface area contributed by atoms with E-state index >= 15 is 0 Å². The van der Waals surface area contributed by atoms with Gasteiger partial charge in [0.1, 0.15) is 23.2 Å². The van der Waals surface area contributed by atoms with Crippen molar-refractivity contribution in [2.45, 2.75) is 6.92 Å². The van der Waals surface area contributed by atoms with Crippen molar-refractivity contribution in [2.75, 3.05) is 0 Å². The lowest BCUT2D eigenvalue weighted by Crippen LogP contribution is -1.95. The molecular weight excluding hydrogens is 335 g/mol. The van der Waals surface area contributed by atoms with E-state index < -0.39 is 5.82 Å². The Bertz CT molecular complexity index is 685. The third-order valence-electron chi connectivity index (χ3n) is 2.30. The predicted octanol–water partition coefficient (Wildman–Crippen LogP) is 4.61. The summed E-state index contributed by atoms with van der Waals surface area (Å²) in [5.41, 5.74) is 0.965. The third kappa shape index (κ3) is 3.03. The van der Waals surface area contributed by atoms with Gasteiger partial charge in [0.25, 0.3) is 0 Å². The number of aryl methyl sites for hydroxylation is 1. The first-order valence-electron chi connectivity index (χ1n) is 5.21. The molecule has 2 aromatic rings. The lowest BCUT2D eigenvalue weighted by atomic mass is 10.2. The minimum absolute atomic E-state index is 0.0167. The molecular formula is C13H7BrClFN2O. The van der Waals surface area contributed by atoms with Crippen LogP contribution in [0.5, 0.6) is 11.6 Å². The molecule has 0 radical (unpaired) electrons. The van der Waals surface area contributed by atoms with Crippen molar-refractivity contribution >= 4 is 27.5 Å². The second-order valence-electron chi connectivity index (χ2n) is 3.72. The van der Waals surface area contributed by atoms with Crippen LogP contribution in [0.15, 0.2) is 28.7 Å². The van der Waals surface area contributed by atoms with Crippen LogP contribution in [0, 0.1) is 24.1 Å². The Kier molecular flexibility index (Phi) is 4.03. The highest BCUT2D eigenvalue weighted by molar-refractivity contribution is 9.10. The quantitative estimate of drug-likeness (QED) is 0.749. The van der Waals surface area contributed by atoms with Gasteiger partial charge in [-0.2, -0.15) is 5.26 Å². The molecule has 19 heavy (non-hydrogen) atoms. The average molecular weight is 342 g/mol. The zero-order valence-corrected chi connectivity index (χ0v) is 12.1. The van der Waals surface area contributed by atoms with E-state index in [0.29, 0.717) is 10.2 Å². The van der Waals surface area contributed by atoms with E-state index in [2.05, 4.69) is 20.9 Å². The maximum atomic E-state index is 13.4. The van der Waals surface area contributed by atoms with Crippen LogP contribution in [-0.2, 0) is 0 Å². The van der Waals surface area contributed by atoms with Gasteiger partial charge in [0.05, 0.1) is 9.50 Å². The summed E-state index contributed by atoms with van der Waals surface area (Å²) in [6.07, 6.45) is 0. The number of halogens is 3. The number of ether oxygens (including phenoxy) is 1. The fraction of sp³-hybridized carbons (Fsp3) is 0.0769. The molecule has 96 valence electrons. The van der Waals surface area contributed by atoms with Crippen LogP contribution in [0.1, 0.15) is 11.3 Å². The fourth-order valence-electron chi connectivity index (χ4n) is 1.38. The topological polar surface area (TPSA) is 45.9 Å². The van der Waals surface area contributed by atoms with Gasteiger partial charge in [0.2, 0.25) is 5.88 Å². The van der Waals surface area contributed by atoms with Gasteiger partial charge in [-0.15, -0.1) is 0 Å². The zero-order valence-electron chi connectivity index (χ0n) is 9.75. The lowest BCUT2D eigenvalue weighted by molar-refractivity contribution is 0.452. The number of hydrogen-bond acceptors (Lipinski definition) is 3. The smallest absolute Gasteiger partial charge is 0.237 e. The Hall–Kier alpha value is -1.64. The fourth-order valence-corrected chi connectivity index (χ4v) is 2.10. The number of benzene rings is 1. The molecule has 1 aromatic heterocycles. The molecule has 2 rings (SSSR count). The van der Waals surface area contributed by atoms with E-state index in [1.165, 1.54) is 6.07 Å². The van der Waals surface area contributed by atoms with Gasteiger partial charge in [0.15, 0.2) is 0 Å². The molecule has 0 aliphatic rings. The normalized spacial score (nSPS) is 10.1. The van der Waals surface area contributed by atoms with Crippen molar-refractivity contribution in [3.63, 3.8) is 0 Å². The first-order valence-corrected chi connectivity index (χ1v) is 6.38. The molecule has 0 aliphatic heterocycles. The highest BCUT2D eigenvalue weighted by atomic mass is 79.9. The Morgan fingerprint density at radius 1 is 1.42 bits per heavy atom.